The number of fused-ring (bicyclic) bond motifs is 1. The van der Waals surface area contributed by atoms with Crippen LogP contribution in [0.15, 0.2) is 70.3 Å². The van der Waals surface area contributed by atoms with E-state index in [9.17, 15) is 9.59 Å². The van der Waals surface area contributed by atoms with Gasteiger partial charge in [-0.3, -0.25) is 14.6 Å². The number of carbonyl (C=O) groups is 2. The maximum absolute atomic E-state index is 13.7. The normalized spacial score (nSPS) is 20.3. The summed E-state index contributed by atoms with van der Waals surface area (Å²) >= 11 is 0. The average molecular weight is 510 g/mol. The molecule has 2 amide bonds. The van der Waals surface area contributed by atoms with Crippen molar-refractivity contribution in [3.8, 4) is 0 Å². The summed E-state index contributed by atoms with van der Waals surface area (Å²) in [6.45, 7) is 7.02. The van der Waals surface area contributed by atoms with E-state index < -0.39 is 12.1 Å². The minimum Gasteiger partial charge on any atom is -0.350 e. The summed E-state index contributed by atoms with van der Waals surface area (Å²) in [6, 6.07) is 15.3. The summed E-state index contributed by atoms with van der Waals surface area (Å²) in [5.74, 6) is -0.154. The number of rotatable bonds is 7. The first-order chi connectivity index (χ1) is 18.5. The predicted molar refractivity (Wildman–Crippen MR) is 153 cm³/mol. The number of nitrogens with one attached hydrogen (secondary N) is 1. The number of benzene rings is 2. The topological polar surface area (TPSA) is 77.4 Å². The van der Waals surface area contributed by atoms with Gasteiger partial charge in [0.25, 0.3) is 0 Å². The Morgan fingerprint density at radius 1 is 1.13 bits per heavy atom. The number of aliphatic imine (C=N–C) groups is 2. The third-order valence-electron chi connectivity index (χ3n) is 7.58. The summed E-state index contributed by atoms with van der Waals surface area (Å²) < 4.78 is 0. The van der Waals surface area contributed by atoms with Crippen LogP contribution < -0.4 is 5.32 Å². The van der Waals surface area contributed by atoms with E-state index in [0.717, 1.165) is 53.0 Å². The Bertz CT molecular complexity index is 1340. The van der Waals surface area contributed by atoms with Crippen molar-refractivity contribution in [2.24, 2.45) is 9.98 Å². The van der Waals surface area contributed by atoms with Crippen molar-refractivity contribution in [2.45, 2.75) is 65.1 Å². The number of amides is 2. The molecule has 38 heavy (non-hydrogen) atoms. The van der Waals surface area contributed by atoms with Crippen molar-refractivity contribution in [2.75, 3.05) is 6.54 Å². The smallest absolute Gasteiger partial charge is 0.246 e. The summed E-state index contributed by atoms with van der Waals surface area (Å²) in [5, 5.41) is 3.06. The number of allylic oxidation sites excluding steroid dienone is 3. The number of hydrogen-bond acceptors (Lipinski definition) is 5. The number of likely N-dealkylation sites (tertiary alicyclic amines) is 1. The summed E-state index contributed by atoms with van der Waals surface area (Å²) in [7, 11) is 0. The van der Waals surface area contributed by atoms with Gasteiger partial charge in [-0.2, -0.15) is 0 Å². The highest BCUT2D eigenvalue weighted by Gasteiger charge is 2.38. The molecule has 2 aromatic rings. The molecule has 3 aliphatic rings. The lowest BCUT2D eigenvalue weighted by Gasteiger charge is -2.35. The van der Waals surface area contributed by atoms with E-state index >= 15 is 0 Å². The molecule has 1 saturated heterocycles. The second-order valence-corrected chi connectivity index (χ2v) is 10.0. The summed E-state index contributed by atoms with van der Waals surface area (Å²) in [6.07, 6.45) is 9.00. The van der Waals surface area contributed by atoms with Crippen LogP contribution in [-0.2, 0) is 16.1 Å². The Balaban J connectivity index is 1.23. The van der Waals surface area contributed by atoms with Gasteiger partial charge >= 0.3 is 0 Å². The molecule has 1 fully saturated rings. The van der Waals surface area contributed by atoms with E-state index in [-0.39, 0.29) is 11.8 Å². The predicted octanol–water partition coefficient (Wildman–Crippen LogP) is 5.31. The van der Waals surface area contributed by atoms with Crippen LogP contribution in [0.5, 0.6) is 0 Å². The van der Waals surface area contributed by atoms with Gasteiger partial charge in [-0.1, -0.05) is 55.5 Å². The first-order valence-corrected chi connectivity index (χ1v) is 13.5. The second-order valence-electron chi connectivity index (χ2n) is 10.0. The molecule has 0 radical (unpaired) electrons. The zero-order valence-corrected chi connectivity index (χ0v) is 22.4. The molecular weight excluding hydrogens is 474 g/mol. The van der Waals surface area contributed by atoms with Crippen molar-refractivity contribution >= 4 is 41.3 Å². The molecule has 0 aliphatic carbocycles. The minimum atomic E-state index is -0.469. The zero-order valence-electron chi connectivity index (χ0n) is 22.4. The first kappa shape index (κ1) is 25.6. The summed E-state index contributed by atoms with van der Waals surface area (Å²) in [5.41, 5.74) is 7.40. The Labute approximate surface area is 224 Å². The average Bonchev–Trinajstić information content (AvgIpc) is 3.61. The molecule has 7 nitrogen and oxygen atoms in total. The van der Waals surface area contributed by atoms with Crippen LogP contribution in [0, 0.1) is 0 Å². The maximum Gasteiger partial charge on any atom is 0.246 e. The van der Waals surface area contributed by atoms with Crippen molar-refractivity contribution in [1.29, 1.82) is 0 Å². The molecule has 2 unspecified atom stereocenters. The van der Waals surface area contributed by atoms with Crippen LogP contribution >= 0.6 is 0 Å². The largest absolute Gasteiger partial charge is 0.350 e. The molecule has 5 rings (SSSR count). The highest BCUT2D eigenvalue weighted by Crippen LogP contribution is 2.34. The molecule has 3 aliphatic heterocycles. The molecule has 7 heteroatoms. The lowest BCUT2D eigenvalue weighted by atomic mass is 10.0. The number of nitrogens with zero attached hydrogens (tertiary/aromatic N) is 4. The van der Waals surface area contributed by atoms with E-state index in [1.54, 1.807) is 11.2 Å². The van der Waals surface area contributed by atoms with Crippen molar-refractivity contribution in [3.63, 3.8) is 0 Å². The van der Waals surface area contributed by atoms with E-state index in [2.05, 4.69) is 40.4 Å². The van der Waals surface area contributed by atoms with Gasteiger partial charge in [0.05, 0.1) is 12.0 Å². The van der Waals surface area contributed by atoms with Crippen LogP contribution in [0.4, 0.5) is 5.69 Å². The van der Waals surface area contributed by atoms with E-state index in [4.69, 9.17) is 0 Å². The zero-order chi connectivity index (χ0) is 26.6. The summed E-state index contributed by atoms with van der Waals surface area (Å²) in [4.78, 5) is 39.5. The van der Waals surface area contributed by atoms with Crippen LogP contribution in [-0.4, -0.2) is 52.8 Å². The van der Waals surface area contributed by atoms with Crippen LogP contribution in [0.2, 0.25) is 0 Å². The van der Waals surface area contributed by atoms with E-state index in [0.29, 0.717) is 19.5 Å². The van der Waals surface area contributed by atoms with Crippen molar-refractivity contribution < 1.29 is 9.59 Å². The Kier molecular flexibility index (Phi) is 7.54. The third kappa shape index (κ3) is 5.05. The van der Waals surface area contributed by atoms with Gasteiger partial charge in [0, 0.05) is 42.7 Å². The van der Waals surface area contributed by atoms with Crippen molar-refractivity contribution in [1.82, 2.24) is 15.1 Å². The molecule has 0 spiro atoms. The van der Waals surface area contributed by atoms with Gasteiger partial charge in [-0.15, -0.1) is 0 Å². The van der Waals surface area contributed by atoms with Gasteiger partial charge < -0.3 is 15.1 Å². The highest BCUT2D eigenvalue weighted by atomic mass is 16.2. The first-order valence-electron chi connectivity index (χ1n) is 13.5. The Hall–Kier alpha value is -4.00. The lowest BCUT2D eigenvalue weighted by Crippen LogP contribution is -2.52. The maximum atomic E-state index is 13.7. The quantitative estimate of drug-likeness (QED) is 0.549. The lowest BCUT2D eigenvalue weighted by molar-refractivity contribution is -0.140. The van der Waals surface area contributed by atoms with E-state index in [1.165, 1.54) is 5.57 Å². The molecule has 0 aromatic heterocycles. The second kappa shape index (κ2) is 11.2. The number of carbonyl (C=O) groups excluding carboxylic acids is 2. The van der Waals surface area contributed by atoms with Crippen LogP contribution in [0.1, 0.15) is 63.1 Å². The van der Waals surface area contributed by atoms with Gasteiger partial charge in [0.1, 0.15) is 12.1 Å². The fourth-order valence-electron chi connectivity index (χ4n) is 5.46. The molecule has 0 bridgehead atoms. The van der Waals surface area contributed by atoms with E-state index in [1.807, 2.05) is 61.4 Å². The van der Waals surface area contributed by atoms with Gasteiger partial charge in [0.15, 0.2) is 0 Å². The van der Waals surface area contributed by atoms with Gasteiger partial charge in [0.2, 0.25) is 11.8 Å². The number of hydrogen-bond donors (Lipinski definition) is 1. The Morgan fingerprint density at radius 3 is 2.66 bits per heavy atom. The third-order valence-corrected chi connectivity index (χ3v) is 7.58. The fraction of sp³-hybridized carbons (Fsp3) is 0.355. The molecule has 2 aromatic carbocycles. The number of para-hydroxylation sites is 1. The van der Waals surface area contributed by atoms with Crippen molar-refractivity contribution in [3.05, 3.63) is 77.0 Å². The Morgan fingerprint density at radius 2 is 1.92 bits per heavy atom. The minimum absolute atomic E-state index is 0.0535. The monoisotopic (exact) mass is 509 g/mol. The van der Waals surface area contributed by atoms with Crippen LogP contribution in [0.25, 0.3) is 11.3 Å². The molecule has 196 valence electrons. The fourth-order valence-corrected chi connectivity index (χ4v) is 5.46. The van der Waals surface area contributed by atoms with Crippen LogP contribution in [0.3, 0.4) is 0 Å². The van der Waals surface area contributed by atoms with Gasteiger partial charge in [-0.25, -0.2) is 4.99 Å². The molecule has 2 atom stereocenters. The standard InChI is InChI=1S/C31H35N5O2/c1-4-8-28-26-9-5-6-10-27(26)34-20-36(28)22(3)31(38)35-18-7-11-29(35)30(37)33-19-23-12-14-24(15-13-23)25-16-17-32-21(25)2/h5-6,8-10,12-15,17,20,22,29H,4,7,11,16,18-19H2,1-3H3,(H,33,37)/b28-8+. The molecular formula is C31H35N5O2. The highest BCUT2D eigenvalue weighted by molar-refractivity contribution is 5.95. The van der Waals surface area contributed by atoms with Gasteiger partial charge in [-0.05, 0) is 55.9 Å². The molecule has 1 N–H and O–H groups in total. The molecule has 0 saturated carbocycles. The SMILES string of the molecule is CC/C=C1\c2ccccc2N=CN1C(C)C(=O)N1CCCC1C(=O)NCc1ccc(C2=C(C)N=CC2)cc1. The molecule has 3 heterocycles.